The zero-order valence-corrected chi connectivity index (χ0v) is 13.0. The van der Waals surface area contributed by atoms with Crippen molar-refractivity contribution in [3.05, 3.63) is 5.82 Å². The van der Waals surface area contributed by atoms with Crippen LogP contribution in [-0.4, -0.2) is 73.4 Å². The lowest BCUT2D eigenvalue weighted by Crippen LogP contribution is -2.54. The summed E-state index contributed by atoms with van der Waals surface area (Å²) in [6.07, 6.45) is 3.26. The molecule has 0 aromatic carbocycles. The first-order valence-corrected chi connectivity index (χ1v) is 8.08. The Morgan fingerprint density at radius 2 is 2.14 bits per heavy atom. The minimum atomic E-state index is -0.257. The van der Waals surface area contributed by atoms with Crippen molar-refractivity contribution in [3.63, 3.8) is 0 Å². The Balaban J connectivity index is 1.58. The third-order valence-electron chi connectivity index (χ3n) is 4.48. The second-order valence-corrected chi connectivity index (χ2v) is 6.41. The van der Waals surface area contributed by atoms with Crippen molar-refractivity contribution in [2.45, 2.75) is 57.8 Å². The van der Waals surface area contributed by atoms with Gasteiger partial charge in [0, 0.05) is 32.2 Å². The van der Waals surface area contributed by atoms with Gasteiger partial charge in [0.15, 0.2) is 5.82 Å². The summed E-state index contributed by atoms with van der Waals surface area (Å²) in [5.41, 5.74) is 0. The molecular formula is C14H26N6O. The van der Waals surface area contributed by atoms with Gasteiger partial charge >= 0.3 is 0 Å². The number of aromatic nitrogens is 4. The predicted molar refractivity (Wildman–Crippen MR) is 78.7 cm³/mol. The number of tetrazole rings is 1. The van der Waals surface area contributed by atoms with Crippen LogP contribution in [0, 0.1) is 0 Å². The van der Waals surface area contributed by atoms with Crippen LogP contribution in [0.4, 0.5) is 0 Å². The molecule has 118 valence electrons. The van der Waals surface area contributed by atoms with Crippen LogP contribution >= 0.6 is 0 Å². The average Bonchev–Trinajstić information content (AvgIpc) is 3.20. The van der Waals surface area contributed by atoms with E-state index in [1.165, 1.54) is 12.8 Å². The molecule has 0 spiro atoms. The summed E-state index contributed by atoms with van der Waals surface area (Å²) >= 11 is 0. The van der Waals surface area contributed by atoms with E-state index < -0.39 is 0 Å². The Hall–Kier alpha value is -1.05. The maximum absolute atomic E-state index is 9.61. The molecule has 1 saturated carbocycles. The molecule has 2 atom stereocenters. The van der Waals surface area contributed by atoms with Crippen molar-refractivity contribution in [2.24, 2.45) is 0 Å². The summed E-state index contributed by atoms with van der Waals surface area (Å²) in [6, 6.07) is 1.05. The number of piperazine rings is 1. The highest BCUT2D eigenvalue weighted by Gasteiger charge is 2.30. The molecule has 7 heteroatoms. The van der Waals surface area contributed by atoms with Crippen molar-refractivity contribution in [3.8, 4) is 0 Å². The smallest absolute Gasteiger partial charge is 0.165 e. The fraction of sp³-hybridized carbons (Fsp3) is 0.929. The van der Waals surface area contributed by atoms with Crippen LogP contribution in [0.2, 0.25) is 0 Å². The Morgan fingerprint density at radius 3 is 2.81 bits per heavy atom. The fourth-order valence-corrected chi connectivity index (χ4v) is 3.19. The van der Waals surface area contributed by atoms with Gasteiger partial charge in [0.25, 0.3) is 0 Å². The van der Waals surface area contributed by atoms with Crippen molar-refractivity contribution in [2.75, 3.05) is 26.2 Å². The largest absolute Gasteiger partial charge is 0.392 e. The first kappa shape index (κ1) is 14.9. The fourth-order valence-electron chi connectivity index (χ4n) is 3.19. The number of aliphatic hydroxyl groups is 1. The molecule has 1 aromatic rings. The Kier molecular flexibility index (Phi) is 4.51. The summed E-state index contributed by atoms with van der Waals surface area (Å²) in [5.74, 6) is 0.997. The molecule has 0 unspecified atom stereocenters. The standard InChI is InChI=1S/C14H26N6O/c1-3-12-9-18(6-7-19(12)8-11(2)21)10-14-15-16-17-20(14)13-4-5-13/h11-13,21H,3-10H2,1-2H3/t11-,12-/m1/s1. The summed E-state index contributed by atoms with van der Waals surface area (Å²) in [7, 11) is 0. The van der Waals surface area contributed by atoms with Crippen LogP contribution in [0.5, 0.6) is 0 Å². The van der Waals surface area contributed by atoms with E-state index in [9.17, 15) is 5.11 Å². The Morgan fingerprint density at radius 1 is 1.33 bits per heavy atom. The van der Waals surface area contributed by atoms with E-state index in [0.717, 1.165) is 45.0 Å². The topological polar surface area (TPSA) is 70.3 Å². The monoisotopic (exact) mass is 294 g/mol. The summed E-state index contributed by atoms with van der Waals surface area (Å²) in [6.45, 7) is 8.74. The van der Waals surface area contributed by atoms with Crippen molar-refractivity contribution >= 4 is 0 Å². The van der Waals surface area contributed by atoms with Crippen LogP contribution in [-0.2, 0) is 6.54 Å². The van der Waals surface area contributed by atoms with E-state index in [-0.39, 0.29) is 6.10 Å². The number of hydrogen-bond donors (Lipinski definition) is 1. The van der Waals surface area contributed by atoms with Gasteiger partial charge in [-0.25, -0.2) is 4.68 Å². The van der Waals surface area contributed by atoms with Gasteiger partial charge < -0.3 is 5.11 Å². The summed E-state index contributed by atoms with van der Waals surface area (Å²) < 4.78 is 2.00. The molecule has 1 aliphatic carbocycles. The number of nitrogens with zero attached hydrogens (tertiary/aromatic N) is 6. The van der Waals surface area contributed by atoms with Gasteiger partial charge in [-0.2, -0.15) is 0 Å². The molecule has 2 aliphatic rings. The Bertz CT molecular complexity index is 458. The average molecular weight is 294 g/mol. The van der Waals surface area contributed by atoms with Crippen LogP contribution in [0.15, 0.2) is 0 Å². The lowest BCUT2D eigenvalue weighted by atomic mass is 10.1. The van der Waals surface area contributed by atoms with Gasteiger partial charge in [0.05, 0.1) is 18.7 Å². The molecule has 1 saturated heterocycles. The minimum Gasteiger partial charge on any atom is -0.392 e. The molecular weight excluding hydrogens is 268 g/mol. The third kappa shape index (κ3) is 3.59. The predicted octanol–water partition coefficient (Wildman–Crippen LogP) is 0.285. The molecule has 0 amide bonds. The van der Waals surface area contributed by atoms with Crippen LogP contribution in [0.1, 0.15) is 45.0 Å². The summed E-state index contributed by atoms with van der Waals surface area (Å²) in [4.78, 5) is 4.85. The van der Waals surface area contributed by atoms with Gasteiger partial charge in [0.2, 0.25) is 0 Å². The highest BCUT2D eigenvalue weighted by atomic mass is 16.3. The maximum atomic E-state index is 9.61. The van der Waals surface area contributed by atoms with Gasteiger partial charge in [-0.15, -0.1) is 5.10 Å². The first-order chi connectivity index (χ1) is 10.2. The van der Waals surface area contributed by atoms with Crippen LogP contribution in [0.25, 0.3) is 0 Å². The van der Waals surface area contributed by atoms with E-state index in [4.69, 9.17) is 0 Å². The number of rotatable bonds is 6. The molecule has 2 heterocycles. The lowest BCUT2D eigenvalue weighted by molar-refractivity contribution is 0.0324. The van der Waals surface area contributed by atoms with Gasteiger partial charge in [-0.05, 0) is 36.6 Å². The van der Waals surface area contributed by atoms with Crippen molar-refractivity contribution in [1.82, 2.24) is 30.0 Å². The molecule has 0 radical (unpaired) electrons. The summed E-state index contributed by atoms with van der Waals surface area (Å²) in [5, 5.41) is 21.8. The van der Waals surface area contributed by atoms with Crippen LogP contribution < -0.4 is 0 Å². The highest BCUT2D eigenvalue weighted by molar-refractivity contribution is 4.92. The normalized spacial score (nSPS) is 26.1. The molecule has 7 nitrogen and oxygen atoms in total. The molecule has 2 fully saturated rings. The maximum Gasteiger partial charge on any atom is 0.165 e. The Labute approximate surface area is 125 Å². The van der Waals surface area contributed by atoms with Gasteiger partial charge in [-0.3, -0.25) is 9.80 Å². The molecule has 1 N–H and O–H groups in total. The van der Waals surface area contributed by atoms with E-state index >= 15 is 0 Å². The van der Waals surface area contributed by atoms with Gasteiger partial charge in [0.1, 0.15) is 0 Å². The zero-order valence-electron chi connectivity index (χ0n) is 13.0. The second-order valence-electron chi connectivity index (χ2n) is 6.41. The molecule has 3 rings (SSSR count). The zero-order chi connectivity index (χ0) is 14.8. The highest BCUT2D eigenvalue weighted by Crippen LogP contribution is 2.34. The van der Waals surface area contributed by atoms with Crippen molar-refractivity contribution in [1.29, 1.82) is 0 Å². The van der Waals surface area contributed by atoms with E-state index in [2.05, 4.69) is 32.2 Å². The van der Waals surface area contributed by atoms with Crippen LogP contribution in [0.3, 0.4) is 0 Å². The first-order valence-electron chi connectivity index (χ1n) is 8.08. The van der Waals surface area contributed by atoms with E-state index in [0.29, 0.717) is 12.1 Å². The number of hydrogen-bond acceptors (Lipinski definition) is 6. The number of aliphatic hydroxyl groups excluding tert-OH is 1. The second kappa shape index (κ2) is 6.37. The molecule has 21 heavy (non-hydrogen) atoms. The van der Waals surface area contributed by atoms with Gasteiger partial charge in [-0.1, -0.05) is 6.92 Å². The SMILES string of the molecule is CC[C@@H]1CN(Cc2nnnn2C2CC2)CCN1C[C@@H](C)O. The third-order valence-corrected chi connectivity index (χ3v) is 4.48. The quantitative estimate of drug-likeness (QED) is 0.813. The van der Waals surface area contributed by atoms with E-state index in [1.807, 2.05) is 11.6 Å². The molecule has 0 bridgehead atoms. The van der Waals surface area contributed by atoms with Crippen molar-refractivity contribution < 1.29 is 5.11 Å². The molecule has 1 aromatic heterocycles. The number of β-amino-alcohol motifs (C(OH)–C–C–N with tert-alkyl or cyclic N) is 1. The lowest BCUT2D eigenvalue weighted by Gasteiger charge is -2.41. The minimum absolute atomic E-state index is 0.257. The molecule has 1 aliphatic heterocycles. The van der Waals surface area contributed by atoms with E-state index in [1.54, 1.807) is 0 Å².